The average Bonchev–Trinajstić information content (AvgIpc) is 2.38. The molecule has 0 unspecified atom stereocenters. The third-order valence-corrected chi connectivity index (χ3v) is 4.31. The molecule has 0 spiro atoms. The third-order valence-electron chi connectivity index (χ3n) is 4.31. The van der Waals surface area contributed by atoms with E-state index in [0.717, 1.165) is 6.42 Å². The SMILES string of the molecule is CCCCCCC(CCCCCC)CC(C)(C)C(=O)O. The molecule has 0 saturated carbocycles. The van der Waals surface area contributed by atoms with Crippen molar-refractivity contribution >= 4 is 5.97 Å². The van der Waals surface area contributed by atoms with Crippen LogP contribution in [0.3, 0.4) is 0 Å². The van der Waals surface area contributed by atoms with Crippen LogP contribution in [-0.4, -0.2) is 11.1 Å². The maximum atomic E-state index is 11.3. The van der Waals surface area contributed by atoms with Crippen molar-refractivity contribution in [1.29, 1.82) is 0 Å². The van der Waals surface area contributed by atoms with Gasteiger partial charge in [0.1, 0.15) is 0 Å². The van der Waals surface area contributed by atoms with E-state index >= 15 is 0 Å². The Morgan fingerprint density at radius 2 is 1.35 bits per heavy atom. The zero-order valence-corrected chi connectivity index (χ0v) is 14.2. The molecule has 0 aromatic carbocycles. The molecule has 0 aliphatic heterocycles. The fourth-order valence-electron chi connectivity index (χ4n) is 2.88. The largest absolute Gasteiger partial charge is 0.481 e. The minimum absolute atomic E-state index is 0.569. The molecule has 2 nitrogen and oxygen atoms in total. The van der Waals surface area contributed by atoms with Gasteiger partial charge in [0.2, 0.25) is 0 Å². The highest BCUT2D eigenvalue weighted by Crippen LogP contribution is 2.32. The van der Waals surface area contributed by atoms with E-state index in [2.05, 4.69) is 13.8 Å². The summed E-state index contributed by atoms with van der Waals surface area (Å²) in [6.45, 7) is 8.21. The highest BCUT2D eigenvalue weighted by atomic mass is 16.4. The van der Waals surface area contributed by atoms with Crippen molar-refractivity contribution in [2.45, 2.75) is 98.3 Å². The van der Waals surface area contributed by atoms with E-state index in [4.69, 9.17) is 0 Å². The Kier molecular flexibility index (Phi) is 10.9. The lowest BCUT2D eigenvalue weighted by Crippen LogP contribution is -2.26. The van der Waals surface area contributed by atoms with E-state index in [1.165, 1.54) is 64.2 Å². The van der Waals surface area contributed by atoms with E-state index in [1.807, 2.05) is 13.8 Å². The minimum atomic E-state index is -0.649. The van der Waals surface area contributed by atoms with Crippen molar-refractivity contribution in [3.63, 3.8) is 0 Å². The maximum Gasteiger partial charge on any atom is 0.309 e. The summed E-state index contributed by atoms with van der Waals surface area (Å²) in [5, 5.41) is 9.31. The van der Waals surface area contributed by atoms with Crippen LogP contribution in [0.5, 0.6) is 0 Å². The van der Waals surface area contributed by atoms with E-state index in [0.29, 0.717) is 5.92 Å². The Hall–Kier alpha value is -0.530. The van der Waals surface area contributed by atoms with Gasteiger partial charge in [0, 0.05) is 0 Å². The van der Waals surface area contributed by atoms with Crippen LogP contribution in [-0.2, 0) is 4.79 Å². The first-order valence-corrected chi connectivity index (χ1v) is 8.67. The third kappa shape index (κ3) is 9.39. The van der Waals surface area contributed by atoms with Gasteiger partial charge in [-0.15, -0.1) is 0 Å². The Bertz CT molecular complexity index is 234. The Morgan fingerprint density at radius 3 is 1.70 bits per heavy atom. The highest BCUT2D eigenvalue weighted by molar-refractivity contribution is 5.73. The fraction of sp³-hybridized carbons (Fsp3) is 0.944. The first kappa shape index (κ1) is 19.5. The van der Waals surface area contributed by atoms with Gasteiger partial charge in [0.25, 0.3) is 0 Å². The summed E-state index contributed by atoms with van der Waals surface area (Å²) in [7, 11) is 0. The van der Waals surface area contributed by atoms with Crippen LogP contribution < -0.4 is 0 Å². The van der Waals surface area contributed by atoms with Crippen LogP contribution in [0.25, 0.3) is 0 Å². The van der Waals surface area contributed by atoms with E-state index in [-0.39, 0.29) is 0 Å². The summed E-state index contributed by atoms with van der Waals surface area (Å²) in [6.07, 6.45) is 13.5. The van der Waals surface area contributed by atoms with E-state index in [1.54, 1.807) is 0 Å². The van der Waals surface area contributed by atoms with Gasteiger partial charge in [-0.2, -0.15) is 0 Å². The zero-order chi connectivity index (χ0) is 15.4. The molecule has 20 heavy (non-hydrogen) atoms. The first-order chi connectivity index (χ1) is 9.44. The molecule has 0 aliphatic rings. The lowest BCUT2D eigenvalue weighted by molar-refractivity contribution is -0.148. The molecular weight excluding hydrogens is 248 g/mol. The van der Waals surface area contributed by atoms with Gasteiger partial charge in [-0.25, -0.2) is 0 Å². The number of carboxylic acids is 1. The van der Waals surface area contributed by atoms with Crippen molar-refractivity contribution in [2.75, 3.05) is 0 Å². The molecular formula is C18H36O2. The molecule has 0 saturated heterocycles. The Morgan fingerprint density at radius 1 is 0.900 bits per heavy atom. The first-order valence-electron chi connectivity index (χ1n) is 8.67. The second-order valence-electron chi connectivity index (χ2n) is 6.96. The minimum Gasteiger partial charge on any atom is -0.481 e. The number of carbonyl (C=O) groups is 1. The summed E-state index contributed by atoms with van der Waals surface area (Å²) >= 11 is 0. The van der Waals surface area contributed by atoms with Crippen molar-refractivity contribution in [3.05, 3.63) is 0 Å². The van der Waals surface area contributed by atoms with Crippen molar-refractivity contribution in [3.8, 4) is 0 Å². The van der Waals surface area contributed by atoms with E-state index < -0.39 is 11.4 Å². The van der Waals surface area contributed by atoms with Crippen LogP contribution in [0.1, 0.15) is 98.3 Å². The van der Waals surface area contributed by atoms with E-state index in [9.17, 15) is 9.90 Å². The molecule has 0 bridgehead atoms. The fourth-order valence-corrected chi connectivity index (χ4v) is 2.88. The second kappa shape index (κ2) is 11.2. The Labute approximate surface area is 126 Å². The second-order valence-corrected chi connectivity index (χ2v) is 6.96. The summed E-state index contributed by atoms with van der Waals surface area (Å²) in [4.78, 5) is 11.3. The summed E-state index contributed by atoms with van der Waals surface area (Å²) in [5.41, 5.74) is -0.569. The normalized spacial score (nSPS) is 12.1. The van der Waals surface area contributed by atoms with Gasteiger partial charge >= 0.3 is 5.97 Å². The van der Waals surface area contributed by atoms with Crippen LogP contribution in [0.15, 0.2) is 0 Å². The number of aliphatic carboxylic acids is 1. The molecule has 0 heterocycles. The van der Waals surface area contributed by atoms with Gasteiger partial charge in [-0.05, 0) is 26.2 Å². The molecule has 0 aromatic heterocycles. The van der Waals surface area contributed by atoms with Gasteiger partial charge in [-0.3, -0.25) is 4.79 Å². The van der Waals surface area contributed by atoms with Gasteiger partial charge in [0.15, 0.2) is 0 Å². The molecule has 0 amide bonds. The number of hydrogen-bond acceptors (Lipinski definition) is 1. The van der Waals surface area contributed by atoms with Crippen LogP contribution >= 0.6 is 0 Å². The topological polar surface area (TPSA) is 37.3 Å². The predicted octanol–water partition coefficient (Wildman–Crippen LogP) is 6.04. The quantitative estimate of drug-likeness (QED) is 0.418. The molecule has 0 aromatic rings. The molecule has 2 heteroatoms. The predicted molar refractivity (Wildman–Crippen MR) is 87.0 cm³/mol. The summed E-state index contributed by atoms with van der Waals surface area (Å²) in [5.74, 6) is -0.0561. The van der Waals surface area contributed by atoms with Crippen LogP contribution in [0.2, 0.25) is 0 Å². The molecule has 120 valence electrons. The number of hydrogen-bond donors (Lipinski definition) is 1. The molecule has 0 fully saturated rings. The number of unbranched alkanes of at least 4 members (excludes halogenated alkanes) is 6. The number of rotatable bonds is 13. The molecule has 1 N–H and O–H groups in total. The molecule has 0 aliphatic carbocycles. The standard InChI is InChI=1S/C18H36O2/c1-5-7-9-11-13-16(14-12-10-8-6-2)15-18(3,4)17(19)20/h16H,5-15H2,1-4H3,(H,19,20). The smallest absolute Gasteiger partial charge is 0.309 e. The van der Waals surface area contributed by atoms with Crippen molar-refractivity contribution in [1.82, 2.24) is 0 Å². The van der Waals surface area contributed by atoms with Crippen LogP contribution in [0, 0.1) is 11.3 Å². The monoisotopic (exact) mass is 284 g/mol. The summed E-state index contributed by atoms with van der Waals surface area (Å²) < 4.78 is 0. The van der Waals surface area contributed by atoms with Gasteiger partial charge in [-0.1, -0.05) is 78.1 Å². The lowest BCUT2D eigenvalue weighted by Gasteiger charge is -2.26. The zero-order valence-electron chi connectivity index (χ0n) is 14.2. The highest BCUT2D eigenvalue weighted by Gasteiger charge is 2.30. The van der Waals surface area contributed by atoms with Crippen molar-refractivity contribution < 1.29 is 9.90 Å². The summed E-state index contributed by atoms with van der Waals surface area (Å²) in [6, 6.07) is 0. The molecule has 0 atom stereocenters. The average molecular weight is 284 g/mol. The van der Waals surface area contributed by atoms with Gasteiger partial charge < -0.3 is 5.11 Å². The van der Waals surface area contributed by atoms with Crippen molar-refractivity contribution in [2.24, 2.45) is 11.3 Å². The maximum absolute atomic E-state index is 11.3. The van der Waals surface area contributed by atoms with Gasteiger partial charge in [0.05, 0.1) is 5.41 Å². The Balaban J connectivity index is 4.19. The lowest BCUT2D eigenvalue weighted by atomic mass is 9.78. The number of carboxylic acid groups (broad SMARTS) is 1. The molecule has 0 rings (SSSR count). The van der Waals surface area contributed by atoms with Crippen LogP contribution in [0.4, 0.5) is 0 Å². The molecule has 0 radical (unpaired) electrons.